The number of carbonyl (C=O) groups is 1. The highest BCUT2D eigenvalue weighted by Crippen LogP contribution is 2.24. The fourth-order valence-corrected chi connectivity index (χ4v) is 1.59. The van der Waals surface area contributed by atoms with Gasteiger partial charge in [0.05, 0.1) is 17.1 Å². The fourth-order valence-electron chi connectivity index (χ4n) is 1.59. The quantitative estimate of drug-likeness (QED) is 0.824. The Morgan fingerprint density at radius 3 is 2.82 bits per heavy atom. The number of rotatable bonds is 2. The van der Waals surface area contributed by atoms with Crippen molar-refractivity contribution in [3.8, 4) is 0 Å². The van der Waals surface area contributed by atoms with Crippen LogP contribution in [0.25, 0.3) is 10.9 Å². The largest absolute Gasteiger partial charge is 0.481 e. The summed E-state index contributed by atoms with van der Waals surface area (Å²) >= 11 is 0. The molecule has 0 aliphatic carbocycles. The van der Waals surface area contributed by atoms with Crippen molar-refractivity contribution in [2.75, 3.05) is 5.73 Å². The minimum Gasteiger partial charge on any atom is -0.481 e. The zero-order valence-electron chi connectivity index (χ0n) is 9.01. The maximum atomic E-state index is 13.1. The summed E-state index contributed by atoms with van der Waals surface area (Å²) in [5, 5.41) is 9.33. The Morgan fingerprint density at radius 1 is 1.47 bits per heavy atom. The number of nitrogens with two attached hydrogens (primary N) is 1. The van der Waals surface area contributed by atoms with Crippen LogP contribution in [-0.4, -0.2) is 21.0 Å². The van der Waals surface area contributed by atoms with Crippen LogP contribution < -0.4 is 5.73 Å². The zero-order valence-corrected chi connectivity index (χ0v) is 9.01. The number of nitrogen functional groups attached to an aromatic ring is 1. The number of aliphatic carboxylic acids is 1. The first-order chi connectivity index (χ1) is 7.99. The second-order valence-corrected chi connectivity index (χ2v) is 3.69. The fraction of sp³-hybridized carbons (Fsp3) is 0.182. The molecule has 1 aromatic carbocycles. The molecule has 1 aromatic heterocycles. The summed E-state index contributed by atoms with van der Waals surface area (Å²) < 4.78 is 13.1. The van der Waals surface area contributed by atoms with E-state index >= 15 is 0 Å². The molecule has 6 heteroatoms. The highest BCUT2D eigenvalue weighted by molar-refractivity contribution is 5.87. The van der Waals surface area contributed by atoms with Gasteiger partial charge in [-0.3, -0.25) is 4.79 Å². The van der Waals surface area contributed by atoms with Crippen LogP contribution in [0.5, 0.6) is 0 Å². The Hall–Kier alpha value is -2.24. The van der Waals surface area contributed by atoms with Crippen LogP contribution >= 0.6 is 0 Å². The van der Waals surface area contributed by atoms with Crippen molar-refractivity contribution < 1.29 is 14.3 Å². The molecule has 1 heterocycles. The molecule has 0 amide bonds. The van der Waals surface area contributed by atoms with E-state index in [9.17, 15) is 9.18 Å². The number of carboxylic acid groups (broad SMARTS) is 1. The van der Waals surface area contributed by atoms with E-state index in [1.165, 1.54) is 25.1 Å². The second kappa shape index (κ2) is 3.97. The molecule has 2 aromatic rings. The molecule has 0 bridgehead atoms. The highest BCUT2D eigenvalue weighted by Gasteiger charge is 2.19. The Labute approximate surface area is 96.1 Å². The topological polar surface area (TPSA) is 89.1 Å². The van der Waals surface area contributed by atoms with Gasteiger partial charge in [0.15, 0.2) is 0 Å². The monoisotopic (exact) mass is 235 g/mol. The summed E-state index contributed by atoms with van der Waals surface area (Å²) in [6.45, 7) is 1.47. The van der Waals surface area contributed by atoms with Crippen molar-refractivity contribution in [3.05, 3.63) is 29.7 Å². The van der Waals surface area contributed by atoms with Gasteiger partial charge in [-0.15, -0.1) is 0 Å². The molecule has 1 atom stereocenters. The van der Waals surface area contributed by atoms with Gasteiger partial charge < -0.3 is 10.8 Å². The standard InChI is InChI=1S/C11H10FN3O2/c1-5(10(16)17)9-7-4-6(12)2-3-8(7)14-11(13)15-9/h2-5H,1H3,(H,16,17)(H2,13,14,15). The van der Waals surface area contributed by atoms with Crippen molar-refractivity contribution in [1.82, 2.24) is 9.97 Å². The van der Waals surface area contributed by atoms with Crippen molar-refractivity contribution in [2.24, 2.45) is 0 Å². The minimum atomic E-state index is -1.05. The first kappa shape index (κ1) is 11.3. The average molecular weight is 235 g/mol. The Kier molecular flexibility index (Phi) is 2.63. The van der Waals surface area contributed by atoms with Crippen LogP contribution in [0.4, 0.5) is 10.3 Å². The van der Waals surface area contributed by atoms with Gasteiger partial charge in [0.2, 0.25) is 5.95 Å². The number of nitrogens with zero attached hydrogens (tertiary/aromatic N) is 2. The number of anilines is 1. The van der Waals surface area contributed by atoms with Crippen molar-refractivity contribution in [1.29, 1.82) is 0 Å². The van der Waals surface area contributed by atoms with Crippen molar-refractivity contribution >= 4 is 22.8 Å². The van der Waals surface area contributed by atoms with Crippen LogP contribution in [0.3, 0.4) is 0 Å². The molecule has 0 aliphatic heterocycles. The smallest absolute Gasteiger partial charge is 0.312 e. The third kappa shape index (κ3) is 2.01. The lowest BCUT2D eigenvalue weighted by Crippen LogP contribution is -2.12. The van der Waals surface area contributed by atoms with Gasteiger partial charge in [0.1, 0.15) is 5.82 Å². The van der Waals surface area contributed by atoms with Crippen LogP contribution in [-0.2, 0) is 4.79 Å². The molecule has 0 radical (unpaired) electrons. The Bertz CT molecular complexity index is 601. The second-order valence-electron chi connectivity index (χ2n) is 3.69. The molecule has 0 saturated heterocycles. The van der Waals surface area contributed by atoms with Crippen molar-refractivity contribution in [2.45, 2.75) is 12.8 Å². The summed E-state index contributed by atoms with van der Waals surface area (Å²) in [6, 6.07) is 3.90. The molecule has 0 spiro atoms. The van der Waals surface area contributed by atoms with Crippen LogP contribution in [0.15, 0.2) is 18.2 Å². The first-order valence-electron chi connectivity index (χ1n) is 4.94. The molecular formula is C11H10FN3O2. The summed E-state index contributed by atoms with van der Waals surface area (Å²) in [7, 11) is 0. The van der Waals surface area contributed by atoms with E-state index in [0.29, 0.717) is 10.9 Å². The zero-order chi connectivity index (χ0) is 12.6. The highest BCUT2D eigenvalue weighted by atomic mass is 19.1. The molecule has 3 N–H and O–H groups in total. The van der Waals surface area contributed by atoms with Gasteiger partial charge in [0.25, 0.3) is 0 Å². The summed E-state index contributed by atoms with van der Waals surface area (Å²) in [6.07, 6.45) is 0. The lowest BCUT2D eigenvalue weighted by atomic mass is 10.0. The molecule has 1 unspecified atom stereocenters. The van der Waals surface area contributed by atoms with Gasteiger partial charge in [-0.05, 0) is 25.1 Å². The third-order valence-electron chi connectivity index (χ3n) is 2.49. The Morgan fingerprint density at radius 2 is 2.18 bits per heavy atom. The number of carboxylic acids is 1. The number of aromatic nitrogens is 2. The van der Waals surface area contributed by atoms with Gasteiger partial charge in [-0.2, -0.15) is 0 Å². The molecule has 2 rings (SSSR count). The van der Waals surface area contributed by atoms with E-state index < -0.39 is 17.7 Å². The van der Waals surface area contributed by atoms with Crippen LogP contribution in [0, 0.1) is 5.82 Å². The first-order valence-corrected chi connectivity index (χ1v) is 4.94. The maximum absolute atomic E-state index is 13.1. The predicted molar refractivity (Wildman–Crippen MR) is 60.0 cm³/mol. The summed E-state index contributed by atoms with van der Waals surface area (Å²) in [5.41, 5.74) is 6.15. The summed E-state index contributed by atoms with van der Waals surface area (Å²) in [5.74, 6) is -2.41. The third-order valence-corrected chi connectivity index (χ3v) is 2.49. The number of hydrogen-bond acceptors (Lipinski definition) is 4. The average Bonchev–Trinajstić information content (AvgIpc) is 2.27. The van der Waals surface area contributed by atoms with Crippen LogP contribution in [0.1, 0.15) is 18.5 Å². The van der Waals surface area contributed by atoms with E-state index in [1.807, 2.05) is 0 Å². The number of halogens is 1. The van der Waals surface area contributed by atoms with Gasteiger partial charge in [-0.1, -0.05) is 0 Å². The van der Waals surface area contributed by atoms with Gasteiger partial charge in [-0.25, -0.2) is 14.4 Å². The van der Waals surface area contributed by atoms with Gasteiger partial charge in [0, 0.05) is 5.39 Å². The van der Waals surface area contributed by atoms with E-state index in [0.717, 1.165) is 0 Å². The molecule has 0 saturated carbocycles. The molecular weight excluding hydrogens is 225 g/mol. The van der Waals surface area contributed by atoms with E-state index in [-0.39, 0.29) is 11.6 Å². The molecule has 17 heavy (non-hydrogen) atoms. The normalized spacial score (nSPS) is 12.6. The summed E-state index contributed by atoms with van der Waals surface area (Å²) in [4.78, 5) is 18.8. The van der Waals surface area contributed by atoms with Crippen molar-refractivity contribution in [3.63, 3.8) is 0 Å². The lowest BCUT2D eigenvalue weighted by molar-refractivity contribution is -0.138. The predicted octanol–water partition coefficient (Wildman–Crippen LogP) is 1.54. The van der Waals surface area contributed by atoms with E-state index in [1.54, 1.807) is 0 Å². The van der Waals surface area contributed by atoms with E-state index in [4.69, 9.17) is 10.8 Å². The van der Waals surface area contributed by atoms with E-state index in [2.05, 4.69) is 9.97 Å². The minimum absolute atomic E-state index is 0.0211. The lowest BCUT2D eigenvalue weighted by Gasteiger charge is -2.10. The number of fused-ring (bicyclic) bond motifs is 1. The van der Waals surface area contributed by atoms with Gasteiger partial charge >= 0.3 is 5.97 Å². The molecule has 0 aliphatic rings. The maximum Gasteiger partial charge on any atom is 0.312 e. The molecule has 5 nitrogen and oxygen atoms in total. The SMILES string of the molecule is CC(C(=O)O)c1nc(N)nc2ccc(F)cc12. The Balaban J connectivity index is 2.76. The number of benzene rings is 1. The molecule has 88 valence electrons. The number of hydrogen-bond donors (Lipinski definition) is 2. The molecule has 0 fully saturated rings. The van der Waals surface area contributed by atoms with Crippen LogP contribution in [0.2, 0.25) is 0 Å².